The average molecular weight is 1130 g/mol. The number of phenols is 1. The molecule has 0 amide bonds. The van der Waals surface area contributed by atoms with Crippen LogP contribution in [0, 0.1) is 0 Å². The van der Waals surface area contributed by atoms with Crippen LogP contribution in [0.5, 0.6) is 5.75 Å². The zero-order valence-corrected chi connectivity index (χ0v) is 44.1. The lowest BCUT2D eigenvalue weighted by molar-refractivity contribution is 0.423. The number of rotatable bonds is 1. The molecule has 2 aliphatic rings. The highest BCUT2D eigenvalue weighted by molar-refractivity contribution is 6.57. The van der Waals surface area contributed by atoms with Crippen molar-refractivity contribution in [2.45, 2.75) is 52.4 Å². The molecule has 2 N–H and O–H groups in total. The third-order valence-corrected chi connectivity index (χ3v) is 16.8. The Morgan fingerprint density at radius 3 is 1.33 bits per heavy atom. The number of aromatic amines is 1. The molecule has 21 heteroatoms. The summed E-state index contributed by atoms with van der Waals surface area (Å²) in [5.41, 5.74) is 3.00. The van der Waals surface area contributed by atoms with Gasteiger partial charge in [-0.2, -0.15) is 0 Å². The van der Waals surface area contributed by atoms with Crippen LogP contribution >= 0.6 is 139 Å². The van der Waals surface area contributed by atoms with E-state index >= 15 is 0 Å². The number of H-pyrrole nitrogens is 1. The molecule has 5 aromatic carbocycles. The normalized spacial score (nSPS) is 12.7. The minimum absolute atomic E-state index is 0.00737. The van der Waals surface area contributed by atoms with Crippen molar-refractivity contribution in [1.29, 1.82) is 0 Å². The number of benzene rings is 5. The van der Waals surface area contributed by atoms with Gasteiger partial charge in [0.15, 0.2) is 34.6 Å². The van der Waals surface area contributed by atoms with Crippen molar-refractivity contribution in [2.24, 2.45) is 0 Å². The number of halogens is 12. The lowest BCUT2D eigenvalue weighted by Crippen LogP contribution is -2.17. The van der Waals surface area contributed by atoms with E-state index in [9.17, 15) is 5.11 Å². The lowest BCUT2D eigenvalue weighted by atomic mass is 9.77. The zero-order chi connectivity index (χ0) is 48.2. The van der Waals surface area contributed by atoms with Gasteiger partial charge < -0.3 is 10.1 Å². The smallest absolute Gasteiger partial charge is 0.166 e. The van der Waals surface area contributed by atoms with Crippen molar-refractivity contribution >= 4 is 184 Å². The molecule has 0 radical (unpaired) electrons. The number of hydrogen-bond acceptors (Lipinski definition) is 7. The molecule has 8 bridgehead atoms. The van der Waals surface area contributed by atoms with E-state index in [0.29, 0.717) is 38.8 Å². The van der Waals surface area contributed by atoms with Gasteiger partial charge in [0, 0.05) is 45.0 Å². The molecule has 0 unspecified atom stereocenters. The van der Waals surface area contributed by atoms with Crippen molar-refractivity contribution in [3.8, 4) is 62.4 Å². The Balaban J connectivity index is 1.50. The van der Waals surface area contributed by atoms with Crippen molar-refractivity contribution in [3.05, 3.63) is 103 Å². The molecule has 67 heavy (non-hydrogen) atoms. The summed E-state index contributed by atoms with van der Waals surface area (Å²) in [5, 5.41) is 12.7. The Morgan fingerprint density at radius 1 is 0.448 bits per heavy atom. The van der Waals surface area contributed by atoms with Crippen LogP contribution in [0.3, 0.4) is 0 Å². The Kier molecular flexibility index (Phi) is 11.6. The van der Waals surface area contributed by atoms with E-state index in [-0.39, 0.29) is 134 Å². The van der Waals surface area contributed by atoms with E-state index in [0.717, 1.165) is 0 Å². The van der Waals surface area contributed by atoms with Gasteiger partial charge in [-0.25, -0.2) is 34.0 Å². The Hall–Kier alpha value is -3.26. The predicted molar refractivity (Wildman–Crippen MR) is 281 cm³/mol. The zero-order valence-electron chi connectivity index (χ0n) is 35.1. The molecule has 0 saturated heterocycles. The van der Waals surface area contributed by atoms with E-state index in [1.165, 1.54) is 4.09 Å². The maximum atomic E-state index is 11.8. The first-order valence-corrected chi connectivity index (χ1v) is 24.3. The van der Waals surface area contributed by atoms with Gasteiger partial charge in [-0.15, -0.1) is 0 Å². The van der Waals surface area contributed by atoms with E-state index in [2.05, 4.69) is 4.98 Å². The van der Waals surface area contributed by atoms with Crippen molar-refractivity contribution in [2.75, 3.05) is 0 Å². The maximum Gasteiger partial charge on any atom is 0.166 e. The summed E-state index contributed by atoms with van der Waals surface area (Å²) in [4.78, 5) is 33.3. The van der Waals surface area contributed by atoms with Gasteiger partial charge in [-0.3, -0.25) is 0 Å². The average Bonchev–Trinajstić information content (AvgIpc) is 3.99. The van der Waals surface area contributed by atoms with E-state index in [1.807, 2.05) is 77.9 Å². The molecule has 9 nitrogen and oxygen atoms in total. The molecule has 3 aromatic heterocycles. The summed E-state index contributed by atoms with van der Waals surface area (Å²) in [5.74, 6) is 0.451. The van der Waals surface area contributed by atoms with E-state index in [1.54, 1.807) is 0 Å². The van der Waals surface area contributed by atoms with Gasteiger partial charge in [-0.1, -0.05) is 193 Å². The van der Waals surface area contributed by atoms with Crippen LogP contribution in [0.1, 0.15) is 52.7 Å². The number of nitrogens with zero attached hydrogens (tertiary/aromatic N) is 7. The molecule has 0 spiro atoms. The molecule has 2 aliphatic heterocycles. The first-order valence-electron chi connectivity index (χ1n) is 19.8. The quantitative estimate of drug-likeness (QED) is 0.124. The fourth-order valence-corrected chi connectivity index (χ4v) is 11.5. The van der Waals surface area contributed by atoms with Crippen LogP contribution < -0.4 is 0 Å². The summed E-state index contributed by atoms with van der Waals surface area (Å²) < 4.78 is 1.20. The summed E-state index contributed by atoms with van der Waals surface area (Å²) >= 11 is 84.0. The molecule has 340 valence electrons. The van der Waals surface area contributed by atoms with Crippen LogP contribution in [-0.2, 0) is 10.8 Å². The fourth-order valence-electron chi connectivity index (χ4n) is 8.37. The highest BCUT2D eigenvalue weighted by Gasteiger charge is 2.34. The largest absolute Gasteiger partial charge is 0.507 e. The summed E-state index contributed by atoms with van der Waals surface area (Å²) in [6.07, 6.45) is 0. The van der Waals surface area contributed by atoms with Crippen LogP contribution in [0.2, 0.25) is 55.2 Å². The third-order valence-electron chi connectivity index (χ3n) is 11.5. The van der Waals surface area contributed by atoms with Crippen molar-refractivity contribution in [1.82, 2.24) is 39.0 Å². The maximum absolute atomic E-state index is 11.8. The van der Waals surface area contributed by atoms with Crippen molar-refractivity contribution < 1.29 is 5.11 Å². The SMILES string of the molecule is CC(C)(C)c1cc(-c2c(Cl)c(Cl)c(Cl)c3c2c2nc4nc(nc5[nH]c(nc6nc(nc3n2Cl)-c2c(Cl)c(Cl)c(Cl)c(Cl)c2-6)c2c(Cl)c(Cl)c(Cl)c(Cl)c52)-c2ccccc2-4)cc(C(C)(C)C)c1O. The van der Waals surface area contributed by atoms with Gasteiger partial charge in [0.05, 0.1) is 82.5 Å². The third kappa shape index (κ3) is 7.16. The van der Waals surface area contributed by atoms with Gasteiger partial charge in [0.1, 0.15) is 17.0 Å². The minimum atomic E-state index is -0.536. The van der Waals surface area contributed by atoms with Gasteiger partial charge in [0.25, 0.3) is 0 Å². The Morgan fingerprint density at radius 2 is 0.821 bits per heavy atom. The first kappa shape index (κ1) is 47.4. The Bertz CT molecular complexity index is 3740. The molecule has 5 heterocycles. The van der Waals surface area contributed by atoms with Gasteiger partial charge in [-0.05, 0) is 28.5 Å². The first-order chi connectivity index (χ1) is 31.4. The second kappa shape index (κ2) is 16.4. The number of aromatic nitrogens is 8. The van der Waals surface area contributed by atoms with Gasteiger partial charge >= 0.3 is 0 Å². The molecule has 0 saturated carbocycles. The molecule has 8 aromatic rings. The van der Waals surface area contributed by atoms with Crippen molar-refractivity contribution in [3.63, 3.8) is 0 Å². The second-order valence-corrected chi connectivity index (χ2v) is 22.3. The minimum Gasteiger partial charge on any atom is -0.507 e. The summed E-state index contributed by atoms with van der Waals surface area (Å²) in [7, 11) is 0. The van der Waals surface area contributed by atoms with E-state index in [4.69, 9.17) is 169 Å². The van der Waals surface area contributed by atoms with Crippen LogP contribution in [0.25, 0.3) is 101 Å². The standard InChI is InChI=1S/C46H26Cl12N8O/c1-45(2,3)16-11-13(12-17(36(16)67)46(4,5)6)18-19-24(30(52)31(53)25(18)47)44-65-42-23-22(28(50)34(56)35(57)29(23)51)41(63-42)62-40-21-20(26(48)32(54)33(55)27(21)49)39(61-40)60-37-14-9-7-8-10-15(14)38(59-37)64-43(19)66(44)58/h7-12,67H,1-6H3,(H,59,60,61,62,63,64,65). The topological polar surface area (TPSA) is 118 Å². The molecular formula is C46H26Cl12N8O. The lowest BCUT2D eigenvalue weighted by Gasteiger charge is -2.28. The number of fused-ring (bicyclic) bond motifs is 20. The van der Waals surface area contributed by atoms with Crippen LogP contribution in [-0.4, -0.2) is 44.1 Å². The fraction of sp³-hybridized carbons (Fsp3) is 0.174. The number of hydrogen-bond donors (Lipinski definition) is 2. The number of nitrogens with one attached hydrogen (secondary N) is 1. The van der Waals surface area contributed by atoms with E-state index < -0.39 is 10.8 Å². The Labute approximate surface area is 441 Å². The predicted octanol–water partition coefficient (Wildman–Crippen LogP) is 18.5. The second-order valence-electron chi connectivity index (χ2n) is 17.8. The summed E-state index contributed by atoms with van der Waals surface area (Å²) in [6, 6.07) is 11.1. The molecule has 0 aliphatic carbocycles. The molecule has 10 rings (SSSR count). The number of phenolic OH excluding ortho intramolecular Hbond substituents is 1. The monoisotopic (exact) mass is 1130 g/mol. The summed E-state index contributed by atoms with van der Waals surface area (Å²) in [6.45, 7) is 12.0. The highest BCUT2D eigenvalue weighted by atomic mass is 35.5. The van der Waals surface area contributed by atoms with Crippen LogP contribution in [0.4, 0.5) is 0 Å². The molecule has 0 atom stereocenters. The molecule has 0 fully saturated rings. The molecular weight excluding hydrogens is 1110 g/mol. The van der Waals surface area contributed by atoms with Gasteiger partial charge in [0.2, 0.25) is 0 Å². The van der Waals surface area contributed by atoms with Crippen LogP contribution in [0.15, 0.2) is 36.4 Å². The highest BCUT2D eigenvalue weighted by Crippen LogP contribution is 2.54. The number of aromatic hydroxyl groups is 1.